The van der Waals surface area contributed by atoms with Gasteiger partial charge in [-0.1, -0.05) is 0 Å². The van der Waals surface area contributed by atoms with Crippen molar-refractivity contribution >= 4 is 17.9 Å². The topological polar surface area (TPSA) is 118 Å². The van der Waals surface area contributed by atoms with Gasteiger partial charge in [-0.15, -0.1) is 0 Å². The smallest absolute Gasteiger partial charge is 0.317 e. The minimum absolute atomic E-state index is 0.0310. The zero-order valence-corrected chi connectivity index (χ0v) is 13.3. The Hall–Kier alpha value is -1.71. The highest BCUT2D eigenvalue weighted by Gasteiger charge is 2.12. The molecule has 0 aliphatic carbocycles. The zero-order chi connectivity index (χ0) is 17.3. The molecule has 9 heteroatoms. The Labute approximate surface area is 134 Å². The van der Waals surface area contributed by atoms with Crippen LogP contribution in [-0.4, -0.2) is 76.4 Å². The third-order valence-electron chi connectivity index (χ3n) is 2.38. The van der Waals surface area contributed by atoms with Crippen molar-refractivity contribution in [1.82, 2.24) is 0 Å². The minimum Gasteiger partial charge on any atom is -0.481 e. The van der Waals surface area contributed by atoms with Crippen LogP contribution in [0, 0.1) is 0 Å². The summed E-state index contributed by atoms with van der Waals surface area (Å²) in [5.74, 6) is -2.43. The van der Waals surface area contributed by atoms with E-state index in [1.165, 1.54) is 0 Å². The molecule has 0 aromatic carbocycles. The van der Waals surface area contributed by atoms with Crippen molar-refractivity contribution in [2.45, 2.75) is 19.3 Å². The van der Waals surface area contributed by atoms with Crippen molar-refractivity contribution < 1.29 is 43.2 Å². The maximum atomic E-state index is 11.3. The zero-order valence-electron chi connectivity index (χ0n) is 13.3. The summed E-state index contributed by atoms with van der Waals surface area (Å²) in [5.41, 5.74) is 0. The van der Waals surface area contributed by atoms with Crippen LogP contribution in [0.3, 0.4) is 0 Å². The first-order valence-corrected chi connectivity index (χ1v) is 7.23. The number of methoxy groups -OCH3 is 1. The molecular weight excluding hydrogens is 312 g/mol. The lowest BCUT2D eigenvalue weighted by Gasteiger charge is -2.07. The molecule has 0 spiro atoms. The predicted molar refractivity (Wildman–Crippen MR) is 76.9 cm³/mol. The van der Waals surface area contributed by atoms with Gasteiger partial charge in [-0.2, -0.15) is 0 Å². The van der Waals surface area contributed by atoms with Crippen LogP contribution >= 0.6 is 0 Å². The van der Waals surface area contributed by atoms with Crippen LogP contribution < -0.4 is 0 Å². The van der Waals surface area contributed by atoms with Crippen LogP contribution in [0.25, 0.3) is 0 Å². The first-order chi connectivity index (χ1) is 11.1. The van der Waals surface area contributed by atoms with Crippen LogP contribution in [0.15, 0.2) is 0 Å². The van der Waals surface area contributed by atoms with E-state index in [9.17, 15) is 14.4 Å². The molecule has 0 aliphatic rings. The van der Waals surface area contributed by atoms with Crippen LogP contribution in [0.2, 0.25) is 0 Å². The van der Waals surface area contributed by atoms with E-state index in [1.54, 1.807) is 7.11 Å². The van der Waals surface area contributed by atoms with Gasteiger partial charge in [-0.25, -0.2) is 0 Å². The fourth-order valence-electron chi connectivity index (χ4n) is 1.31. The van der Waals surface area contributed by atoms with Gasteiger partial charge >= 0.3 is 17.9 Å². The highest BCUT2D eigenvalue weighted by Crippen LogP contribution is 1.95. The molecule has 0 aromatic heterocycles. The first-order valence-electron chi connectivity index (χ1n) is 7.23. The van der Waals surface area contributed by atoms with E-state index in [0.717, 1.165) is 0 Å². The fraction of sp³-hybridized carbons (Fsp3) is 0.786. The summed E-state index contributed by atoms with van der Waals surface area (Å²) in [6.45, 7) is 1.99. The molecule has 23 heavy (non-hydrogen) atoms. The lowest BCUT2D eigenvalue weighted by molar-refractivity contribution is -0.156. The highest BCUT2D eigenvalue weighted by atomic mass is 16.6. The molecule has 0 unspecified atom stereocenters. The van der Waals surface area contributed by atoms with Gasteiger partial charge in [0.25, 0.3) is 0 Å². The molecule has 0 saturated heterocycles. The van der Waals surface area contributed by atoms with E-state index >= 15 is 0 Å². The molecule has 0 atom stereocenters. The standard InChI is InChI=1S/C14H24O9/c1-19-5-6-20-7-8-21-9-10-23-14(18)11-13(17)22-4-2-3-12(15)16/h2-11H2,1H3,(H,15,16). The number of rotatable bonds is 15. The number of esters is 2. The Morgan fingerprint density at radius 3 is 1.87 bits per heavy atom. The van der Waals surface area contributed by atoms with E-state index in [-0.39, 0.29) is 32.7 Å². The molecule has 0 aromatic rings. The van der Waals surface area contributed by atoms with Gasteiger partial charge in [-0.05, 0) is 6.42 Å². The Kier molecular flexibility index (Phi) is 14.1. The Bertz CT molecular complexity index is 343. The third-order valence-corrected chi connectivity index (χ3v) is 2.38. The van der Waals surface area contributed by atoms with Gasteiger partial charge < -0.3 is 28.8 Å². The minimum atomic E-state index is -0.968. The normalized spacial score (nSPS) is 10.3. The van der Waals surface area contributed by atoms with Crippen molar-refractivity contribution in [2.75, 3.05) is 53.4 Å². The Morgan fingerprint density at radius 1 is 0.783 bits per heavy atom. The number of ether oxygens (including phenoxy) is 5. The SMILES string of the molecule is COCCOCCOCCOC(=O)CC(=O)OCCCC(=O)O. The van der Waals surface area contributed by atoms with Crippen molar-refractivity contribution in [1.29, 1.82) is 0 Å². The molecule has 0 radical (unpaired) electrons. The number of carboxylic acid groups (broad SMARTS) is 1. The van der Waals surface area contributed by atoms with Crippen LogP contribution in [0.4, 0.5) is 0 Å². The van der Waals surface area contributed by atoms with Crippen molar-refractivity contribution in [3.8, 4) is 0 Å². The fourth-order valence-corrected chi connectivity index (χ4v) is 1.31. The summed E-state index contributed by atoms with van der Waals surface area (Å²) in [5, 5.41) is 8.40. The number of carbonyl (C=O) groups is 3. The molecule has 134 valence electrons. The molecule has 9 nitrogen and oxygen atoms in total. The summed E-state index contributed by atoms with van der Waals surface area (Å²) >= 11 is 0. The highest BCUT2D eigenvalue weighted by molar-refractivity contribution is 5.91. The second kappa shape index (κ2) is 15.2. The molecule has 0 aliphatic heterocycles. The van der Waals surface area contributed by atoms with Gasteiger partial charge in [-0.3, -0.25) is 14.4 Å². The quantitative estimate of drug-likeness (QED) is 0.250. The lowest BCUT2D eigenvalue weighted by atomic mass is 10.3. The molecule has 0 amide bonds. The van der Waals surface area contributed by atoms with Crippen LogP contribution in [-0.2, 0) is 38.1 Å². The summed E-state index contributed by atoms with van der Waals surface area (Å²) < 4.78 is 24.6. The number of carbonyl (C=O) groups excluding carboxylic acids is 2. The van der Waals surface area contributed by atoms with Gasteiger partial charge in [0.2, 0.25) is 0 Å². The first kappa shape index (κ1) is 21.3. The van der Waals surface area contributed by atoms with E-state index < -0.39 is 24.3 Å². The monoisotopic (exact) mass is 336 g/mol. The Balaban J connectivity index is 3.38. The molecule has 0 heterocycles. The van der Waals surface area contributed by atoms with Gasteiger partial charge in [0.1, 0.15) is 13.0 Å². The second-order valence-electron chi connectivity index (χ2n) is 4.33. The third kappa shape index (κ3) is 16.5. The molecule has 0 fully saturated rings. The van der Waals surface area contributed by atoms with Gasteiger partial charge in [0.05, 0.1) is 39.6 Å². The maximum Gasteiger partial charge on any atom is 0.317 e. The van der Waals surface area contributed by atoms with E-state index in [1.807, 2.05) is 0 Å². The van der Waals surface area contributed by atoms with Crippen LogP contribution in [0.5, 0.6) is 0 Å². The summed E-state index contributed by atoms with van der Waals surface area (Å²) in [4.78, 5) is 32.8. The molecule has 0 saturated carbocycles. The molecule has 1 N–H and O–H groups in total. The van der Waals surface area contributed by atoms with Gasteiger partial charge in [0, 0.05) is 13.5 Å². The average molecular weight is 336 g/mol. The van der Waals surface area contributed by atoms with Crippen LogP contribution in [0.1, 0.15) is 19.3 Å². The summed E-state index contributed by atoms with van der Waals surface area (Å²) in [7, 11) is 1.58. The molecule has 0 rings (SSSR count). The maximum absolute atomic E-state index is 11.3. The second-order valence-corrected chi connectivity index (χ2v) is 4.33. The molecular formula is C14H24O9. The van der Waals surface area contributed by atoms with Crippen molar-refractivity contribution in [3.05, 3.63) is 0 Å². The summed E-state index contributed by atoms with van der Waals surface area (Å²) in [6, 6.07) is 0. The van der Waals surface area contributed by atoms with E-state index in [4.69, 9.17) is 28.8 Å². The largest absolute Gasteiger partial charge is 0.481 e. The van der Waals surface area contributed by atoms with Crippen molar-refractivity contribution in [2.24, 2.45) is 0 Å². The van der Waals surface area contributed by atoms with E-state index in [2.05, 4.69) is 0 Å². The average Bonchev–Trinajstić information content (AvgIpc) is 2.49. The predicted octanol–water partition coefficient (Wildman–Crippen LogP) is 0.00730. The number of carboxylic acids is 1. The summed E-state index contributed by atoms with van der Waals surface area (Å²) in [6.07, 6.45) is -0.395. The molecule has 0 bridgehead atoms. The number of hydrogen-bond acceptors (Lipinski definition) is 8. The lowest BCUT2D eigenvalue weighted by Crippen LogP contribution is -2.17. The van der Waals surface area contributed by atoms with Crippen molar-refractivity contribution in [3.63, 3.8) is 0 Å². The number of aliphatic carboxylic acids is 1. The number of hydrogen-bond donors (Lipinski definition) is 1. The van der Waals surface area contributed by atoms with Gasteiger partial charge in [0.15, 0.2) is 0 Å². The van der Waals surface area contributed by atoms with E-state index in [0.29, 0.717) is 26.4 Å². The Morgan fingerprint density at radius 2 is 1.30 bits per heavy atom.